The molecule has 21 heavy (non-hydrogen) atoms. The van der Waals surface area contributed by atoms with Crippen molar-refractivity contribution in [1.29, 1.82) is 0 Å². The molecule has 6 heteroatoms. The minimum absolute atomic E-state index is 0.465. The monoisotopic (exact) mass is 281 g/mol. The Morgan fingerprint density at radius 2 is 2.14 bits per heavy atom. The van der Waals surface area contributed by atoms with Gasteiger partial charge < -0.3 is 21.1 Å². The second-order valence-electron chi connectivity index (χ2n) is 5.15. The molecule has 1 aromatic carbocycles. The van der Waals surface area contributed by atoms with Crippen LogP contribution in [0.2, 0.25) is 0 Å². The van der Waals surface area contributed by atoms with E-state index in [2.05, 4.69) is 20.6 Å². The fourth-order valence-corrected chi connectivity index (χ4v) is 2.14. The summed E-state index contributed by atoms with van der Waals surface area (Å²) in [6.07, 6.45) is 4.04. The fraction of sp³-hybridized carbons (Fsp3) is 0.200. The number of benzene rings is 1. The molecule has 2 aromatic rings. The van der Waals surface area contributed by atoms with Crippen molar-refractivity contribution in [2.45, 2.75) is 18.9 Å². The van der Waals surface area contributed by atoms with Gasteiger partial charge in [-0.05, 0) is 31.0 Å². The van der Waals surface area contributed by atoms with Crippen LogP contribution in [0.4, 0.5) is 11.6 Å². The summed E-state index contributed by atoms with van der Waals surface area (Å²) < 4.78 is 5.72. The van der Waals surface area contributed by atoms with Gasteiger partial charge in [0, 0.05) is 12.2 Å². The summed E-state index contributed by atoms with van der Waals surface area (Å²) in [6.45, 7) is 0. The van der Waals surface area contributed by atoms with Gasteiger partial charge in [-0.25, -0.2) is 9.97 Å². The van der Waals surface area contributed by atoms with Gasteiger partial charge in [0.1, 0.15) is 5.70 Å². The first-order chi connectivity index (χ1) is 10.3. The van der Waals surface area contributed by atoms with Gasteiger partial charge in [-0.2, -0.15) is 0 Å². The van der Waals surface area contributed by atoms with Crippen LogP contribution in [0.1, 0.15) is 18.5 Å². The largest absolute Gasteiger partial charge is 0.437 e. The van der Waals surface area contributed by atoms with E-state index in [1.165, 1.54) is 12.8 Å². The zero-order chi connectivity index (χ0) is 14.2. The number of rotatable bonds is 3. The number of ether oxygens (including phenoxy) is 1. The normalized spacial score (nSPS) is 18.5. The van der Waals surface area contributed by atoms with Crippen LogP contribution in [0.25, 0.3) is 5.70 Å². The third-order valence-electron chi connectivity index (χ3n) is 3.43. The molecule has 1 aliphatic carbocycles. The maximum Gasteiger partial charge on any atom is 0.223 e. The molecule has 0 saturated heterocycles. The van der Waals surface area contributed by atoms with E-state index >= 15 is 0 Å². The van der Waals surface area contributed by atoms with Crippen molar-refractivity contribution in [3.8, 4) is 5.75 Å². The molecule has 0 atom stereocenters. The Hall–Kier alpha value is -2.76. The van der Waals surface area contributed by atoms with Crippen molar-refractivity contribution in [3.63, 3.8) is 0 Å². The van der Waals surface area contributed by atoms with Gasteiger partial charge >= 0.3 is 0 Å². The van der Waals surface area contributed by atoms with E-state index in [0.29, 0.717) is 29.3 Å². The van der Waals surface area contributed by atoms with E-state index in [0.717, 1.165) is 11.4 Å². The number of nitrogens with one attached hydrogen (secondary N) is 2. The summed E-state index contributed by atoms with van der Waals surface area (Å²) in [5, 5.41) is 6.41. The Kier molecular flexibility index (Phi) is 2.67. The topological polar surface area (TPSA) is 85.1 Å². The Bertz CT molecular complexity index is 697. The molecule has 0 spiro atoms. The Morgan fingerprint density at radius 1 is 1.29 bits per heavy atom. The van der Waals surface area contributed by atoms with Crippen LogP contribution in [0, 0.1) is 0 Å². The van der Waals surface area contributed by atoms with E-state index in [1.54, 1.807) is 12.3 Å². The molecular formula is C15H15N5O. The first-order valence-corrected chi connectivity index (χ1v) is 6.93. The van der Waals surface area contributed by atoms with E-state index < -0.39 is 0 Å². The van der Waals surface area contributed by atoms with Gasteiger partial charge in [0.2, 0.25) is 11.8 Å². The lowest BCUT2D eigenvalue weighted by atomic mass is 10.3. The Labute approximate surface area is 122 Å². The van der Waals surface area contributed by atoms with Crippen LogP contribution >= 0.6 is 0 Å². The molecule has 2 heterocycles. The first-order valence-electron chi connectivity index (χ1n) is 6.93. The zero-order valence-corrected chi connectivity index (χ0v) is 11.3. The molecule has 0 bridgehead atoms. The van der Waals surface area contributed by atoms with Crippen molar-refractivity contribution in [2.75, 3.05) is 10.6 Å². The molecule has 1 saturated carbocycles. The summed E-state index contributed by atoms with van der Waals surface area (Å²) in [6, 6.07) is 9.96. The van der Waals surface area contributed by atoms with Crippen LogP contribution in [-0.4, -0.2) is 16.0 Å². The molecule has 1 aromatic heterocycles. The highest BCUT2D eigenvalue weighted by Crippen LogP contribution is 2.34. The summed E-state index contributed by atoms with van der Waals surface area (Å²) in [5.74, 6) is 1.88. The number of nitrogens with zero attached hydrogens (tertiary/aromatic N) is 2. The van der Waals surface area contributed by atoms with Crippen LogP contribution in [0.5, 0.6) is 5.75 Å². The van der Waals surface area contributed by atoms with E-state index in [4.69, 9.17) is 10.5 Å². The maximum atomic E-state index is 6.17. The Balaban J connectivity index is 1.62. The van der Waals surface area contributed by atoms with Crippen molar-refractivity contribution < 1.29 is 4.74 Å². The number of fused-ring (bicyclic) bond motifs is 1. The van der Waals surface area contributed by atoms with Gasteiger partial charge in [-0.15, -0.1) is 0 Å². The molecule has 6 nitrogen and oxygen atoms in total. The minimum atomic E-state index is 0.465. The standard InChI is InChI=1S/C15H15N5O/c16-13(14-19-10-3-1-2-4-12(10)21-14)11-7-8-17-15(20-11)18-9-5-6-9/h1-4,7-9,19H,5-6,16H2,(H,17,18,20)/b14-13+. The molecule has 4 N–H and O–H groups in total. The van der Waals surface area contributed by atoms with Crippen LogP contribution in [-0.2, 0) is 0 Å². The molecular weight excluding hydrogens is 266 g/mol. The number of para-hydroxylation sites is 2. The highest BCUT2D eigenvalue weighted by atomic mass is 16.5. The minimum Gasteiger partial charge on any atom is -0.437 e. The van der Waals surface area contributed by atoms with Gasteiger partial charge in [0.05, 0.1) is 11.4 Å². The fourth-order valence-electron chi connectivity index (χ4n) is 2.14. The maximum absolute atomic E-state index is 6.17. The van der Waals surface area contributed by atoms with Crippen molar-refractivity contribution in [3.05, 3.63) is 48.1 Å². The second-order valence-corrected chi connectivity index (χ2v) is 5.15. The van der Waals surface area contributed by atoms with Gasteiger partial charge in [0.15, 0.2) is 5.75 Å². The first kappa shape index (κ1) is 12.0. The van der Waals surface area contributed by atoms with Gasteiger partial charge in [-0.1, -0.05) is 12.1 Å². The molecule has 4 rings (SSSR count). The number of aromatic nitrogens is 2. The van der Waals surface area contributed by atoms with Gasteiger partial charge in [-0.3, -0.25) is 0 Å². The predicted molar refractivity (Wildman–Crippen MR) is 80.5 cm³/mol. The zero-order valence-electron chi connectivity index (χ0n) is 11.3. The smallest absolute Gasteiger partial charge is 0.223 e. The number of anilines is 2. The third kappa shape index (κ3) is 2.35. The lowest BCUT2D eigenvalue weighted by Gasteiger charge is -2.07. The highest BCUT2D eigenvalue weighted by molar-refractivity contribution is 5.73. The molecule has 106 valence electrons. The number of hydrogen-bond donors (Lipinski definition) is 3. The number of hydrogen-bond acceptors (Lipinski definition) is 6. The van der Waals surface area contributed by atoms with Crippen molar-refractivity contribution in [1.82, 2.24) is 9.97 Å². The molecule has 2 aliphatic rings. The van der Waals surface area contributed by atoms with Crippen molar-refractivity contribution in [2.24, 2.45) is 5.73 Å². The van der Waals surface area contributed by atoms with Crippen LogP contribution in [0.15, 0.2) is 42.4 Å². The van der Waals surface area contributed by atoms with E-state index in [-0.39, 0.29) is 0 Å². The molecule has 0 amide bonds. The van der Waals surface area contributed by atoms with E-state index in [9.17, 15) is 0 Å². The Morgan fingerprint density at radius 3 is 2.95 bits per heavy atom. The third-order valence-corrected chi connectivity index (χ3v) is 3.43. The predicted octanol–water partition coefficient (Wildman–Crippen LogP) is 2.14. The van der Waals surface area contributed by atoms with Gasteiger partial charge in [0.25, 0.3) is 0 Å². The average molecular weight is 281 g/mol. The van der Waals surface area contributed by atoms with Crippen molar-refractivity contribution >= 4 is 17.3 Å². The molecule has 0 radical (unpaired) electrons. The molecule has 0 unspecified atom stereocenters. The van der Waals surface area contributed by atoms with Crippen LogP contribution < -0.4 is 21.1 Å². The average Bonchev–Trinajstić information content (AvgIpc) is 3.21. The lowest BCUT2D eigenvalue weighted by molar-refractivity contribution is 0.458. The lowest BCUT2D eigenvalue weighted by Crippen LogP contribution is -2.12. The molecule has 1 fully saturated rings. The highest BCUT2D eigenvalue weighted by Gasteiger charge is 2.23. The molecule has 1 aliphatic heterocycles. The number of nitrogens with two attached hydrogens (primary N) is 1. The summed E-state index contributed by atoms with van der Waals surface area (Å²) in [7, 11) is 0. The van der Waals surface area contributed by atoms with E-state index in [1.807, 2.05) is 24.3 Å². The summed E-state index contributed by atoms with van der Waals surface area (Å²) >= 11 is 0. The summed E-state index contributed by atoms with van der Waals surface area (Å²) in [5.41, 5.74) is 8.18. The summed E-state index contributed by atoms with van der Waals surface area (Å²) in [4.78, 5) is 8.64. The van der Waals surface area contributed by atoms with Crippen LogP contribution in [0.3, 0.4) is 0 Å². The SMILES string of the molecule is N/C(=C1\Nc2ccccc2O1)c1ccnc(NC2CC2)n1. The quantitative estimate of drug-likeness (QED) is 0.799. The second kappa shape index (κ2) is 4.66.